The van der Waals surface area contributed by atoms with Crippen LogP contribution < -0.4 is 4.74 Å². The predicted octanol–water partition coefficient (Wildman–Crippen LogP) is 6.90. The average Bonchev–Trinajstić information content (AvgIpc) is 2.89. The van der Waals surface area contributed by atoms with Crippen molar-refractivity contribution in [2.75, 3.05) is 26.7 Å². The number of methoxy groups -OCH3 is 1. The van der Waals surface area contributed by atoms with E-state index in [1.807, 2.05) is 4.90 Å². The van der Waals surface area contributed by atoms with Crippen LogP contribution in [0.4, 0.5) is 17.6 Å². The van der Waals surface area contributed by atoms with Crippen LogP contribution in [-0.4, -0.2) is 47.7 Å². The molecule has 1 atom stereocenters. The predicted molar refractivity (Wildman–Crippen MR) is 137 cm³/mol. The molecule has 1 saturated heterocycles. The minimum absolute atomic E-state index is 0.0224. The Morgan fingerprint density at radius 3 is 2.50 bits per heavy atom. The normalized spacial score (nSPS) is 16.5. The van der Waals surface area contributed by atoms with E-state index < -0.39 is 35.0 Å². The van der Waals surface area contributed by atoms with Crippen molar-refractivity contribution in [3.63, 3.8) is 0 Å². The molecule has 4 rings (SSSR count). The molecule has 10 heteroatoms. The fourth-order valence-corrected chi connectivity index (χ4v) is 5.50. The van der Waals surface area contributed by atoms with Crippen LogP contribution in [0.1, 0.15) is 49.4 Å². The first-order chi connectivity index (χ1) is 18.1. The summed E-state index contributed by atoms with van der Waals surface area (Å²) >= 11 is 6.32. The fourth-order valence-electron chi connectivity index (χ4n) is 5.23. The Balaban J connectivity index is 1.37. The summed E-state index contributed by atoms with van der Waals surface area (Å²) in [4.78, 5) is 18.6. The van der Waals surface area contributed by atoms with E-state index in [0.717, 1.165) is 0 Å². The van der Waals surface area contributed by atoms with Crippen molar-refractivity contribution in [2.24, 2.45) is 5.41 Å². The van der Waals surface area contributed by atoms with Gasteiger partial charge in [0.1, 0.15) is 29.4 Å². The second kappa shape index (κ2) is 11.9. The molecule has 1 aliphatic rings. The van der Waals surface area contributed by atoms with E-state index in [-0.39, 0.29) is 35.4 Å². The van der Waals surface area contributed by atoms with Crippen LogP contribution in [-0.2, 0) is 11.2 Å². The molecule has 0 unspecified atom stereocenters. The fraction of sp³-hybridized carbons (Fsp3) is 0.429. The van der Waals surface area contributed by atoms with Crippen LogP contribution in [0.2, 0.25) is 5.02 Å². The first-order valence-electron chi connectivity index (χ1n) is 12.5. The number of fused-ring (bicyclic) bond motifs is 1. The Morgan fingerprint density at radius 1 is 1.18 bits per heavy atom. The van der Waals surface area contributed by atoms with Crippen molar-refractivity contribution in [1.82, 2.24) is 9.88 Å². The van der Waals surface area contributed by atoms with E-state index in [2.05, 4.69) is 4.98 Å². The van der Waals surface area contributed by atoms with Gasteiger partial charge in [0.2, 0.25) is 0 Å². The highest BCUT2D eigenvalue weighted by atomic mass is 35.5. The molecule has 2 heterocycles. The van der Waals surface area contributed by atoms with Gasteiger partial charge >= 0.3 is 5.97 Å². The van der Waals surface area contributed by atoms with Crippen molar-refractivity contribution < 1.29 is 32.2 Å². The van der Waals surface area contributed by atoms with Crippen molar-refractivity contribution in [3.8, 4) is 5.75 Å². The monoisotopic (exact) mass is 552 g/mol. The molecule has 3 aromatic rings. The molecule has 0 bridgehead atoms. The number of piperidine rings is 1. The summed E-state index contributed by atoms with van der Waals surface area (Å²) in [6.45, 7) is 1.44. The summed E-state index contributed by atoms with van der Waals surface area (Å²) in [5.41, 5.74) is -0.399. The van der Waals surface area contributed by atoms with Crippen LogP contribution in [0.5, 0.6) is 5.75 Å². The minimum atomic E-state index is -1.49. The minimum Gasteiger partial charge on any atom is -0.497 e. The van der Waals surface area contributed by atoms with Crippen LogP contribution in [0.15, 0.2) is 36.5 Å². The summed E-state index contributed by atoms with van der Waals surface area (Å²) in [7, 11) is 1.51. The number of carboxylic acid groups (broad SMARTS) is 1. The van der Waals surface area contributed by atoms with Crippen molar-refractivity contribution >= 4 is 28.5 Å². The third-order valence-electron chi connectivity index (χ3n) is 7.53. The topological polar surface area (TPSA) is 62.7 Å². The van der Waals surface area contributed by atoms with Gasteiger partial charge in [-0.05, 0) is 76.4 Å². The number of ether oxygens (including phenoxy) is 1. The number of rotatable bonds is 10. The Hall–Kier alpha value is -2.91. The number of carboxylic acids is 1. The van der Waals surface area contributed by atoms with E-state index >= 15 is 4.39 Å². The van der Waals surface area contributed by atoms with Crippen LogP contribution in [0.3, 0.4) is 0 Å². The third-order valence-corrected chi connectivity index (χ3v) is 7.83. The number of halogens is 5. The average molecular weight is 553 g/mol. The number of alkyl halides is 1. The first-order valence-corrected chi connectivity index (χ1v) is 12.9. The lowest BCUT2D eigenvalue weighted by Gasteiger charge is -2.39. The summed E-state index contributed by atoms with van der Waals surface area (Å²) < 4.78 is 61.7. The first kappa shape index (κ1) is 28.1. The molecule has 5 nitrogen and oxygen atoms in total. The zero-order valence-corrected chi connectivity index (χ0v) is 21.7. The lowest BCUT2D eigenvalue weighted by Crippen LogP contribution is -2.44. The van der Waals surface area contributed by atoms with Gasteiger partial charge in [-0.3, -0.25) is 9.78 Å². The number of hydrogen-bond acceptors (Lipinski definition) is 4. The Kier molecular flexibility index (Phi) is 8.78. The summed E-state index contributed by atoms with van der Waals surface area (Å²) in [5.74, 6) is -3.21. The lowest BCUT2D eigenvalue weighted by atomic mass is 9.74. The number of aliphatic carboxylic acids is 1. The maximum absolute atomic E-state index is 15.6. The molecular formula is C28H29ClF4N2O3. The summed E-state index contributed by atoms with van der Waals surface area (Å²) in [6, 6.07) is 6.44. The number of aromatic nitrogens is 1. The van der Waals surface area contributed by atoms with Gasteiger partial charge in [0.25, 0.3) is 0 Å². The third kappa shape index (κ3) is 6.04. The summed E-state index contributed by atoms with van der Waals surface area (Å²) in [5, 5.41) is 10.8. The molecule has 38 heavy (non-hydrogen) atoms. The Morgan fingerprint density at radius 2 is 1.87 bits per heavy atom. The number of likely N-dealkylation sites (tertiary alicyclic amines) is 1. The molecule has 0 amide bonds. The van der Waals surface area contributed by atoms with E-state index in [1.54, 1.807) is 18.2 Å². The number of carbonyl (C=O) groups is 1. The largest absolute Gasteiger partial charge is 0.497 e. The molecule has 0 aliphatic carbocycles. The molecule has 0 radical (unpaired) electrons. The van der Waals surface area contributed by atoms with Crippen molar-refractivity contribution in [1.29, 1.82) is 0 Å². The number of nitrogens with zero attached hydrogens (tertiary/aromatic N) is 2. The summed E-state index contributed by atoms with van der Waals surface area (Å²) in [6.07, 6.45) is 1.21. The molecule has 1 fully saturated rings. The second-order valence-electron chi connectivity index (χ2n) is 9.79. The molecule has 1 N–H and O–H groups in total. The zero-order chi connectivity index (χ0) is 27.4. The number of hydrogen-bond donors (Lipinski definition) is 1. The second-order valence-corrected chi connectivity index (χ2v) is 10.2. The van der Waals surface area contributed by atoms with Gasteiger partial charge in [0.05, 0.1) is 23.1 Å². The number of benzene rings is 2. The van der Waals surface area contributed by atoms with Crippen LogP contribution in [0.25, 0.3) is 10.9 Å². The lowest BCUT2D eigenvalue weighted by molar-refractivity contribution is -0.153. The highest BCUT2D eigenvalue weighted by Crippen LogP contribution is 2.42. The molecule has 0 spiro atoms. The maximum Gasteiger partial charge on any atom is 0.309 e. The quantitative estimate of drug-likeness (QED) is 0.277. The highest BCUT2D eigenvalue weighted by Gasteiger charge is 2.41. The molecule has 0 saturated carbocycles. The van der Waals surface area contributed by atoms with Gasteiger partial charge in [-0.1, -0.05) is 11.6 Å². The van der Waals surface area contributed by atoms with Crippen LogP contribution in [0, 0.1) is 22.9 Å². The molecule has 1 aromatic heterocycles. The van der Waals surface area contributed by atoms with E-state index in [4.69, 9.17) is 16.3 Å². The smallest absolute Gasteiger partial charge is 0.309 e. The van der Waals surface area contributed by atoms with E-state index in [9.17, 15) is 23.1 Å². The molecule has 1 aliphatic heterocycles. The SMILES string of the molecule is COc1ccc2ncc(Cl)c([C@@H](F)CCC3(C(=O)O)CCN(CCCc4c(F)cc(F)cc4F)CC3)c2c1. The van der Waals surface area contributed by atoms with E-state index in [0.29, 0.717) is 67.7 Å². The van der Waals surface area contributed by atoms with Gasteiger partial charge in [-0.2, -0.15) is 0 Å². The van der Waals surface area contributed by atoms with E-state index in [1.165, 1.54) is 13.3 Å². The molecule has 204 valence electrons. The van der Waals surface area contributed by atoms with Gasteiger partial charge in [0.15, 0.2) is 0 Å². The standard InChI is InChI=1S/C28H29ClF4N2O3/c1-38-18-4-5-25-20(15-18)26(21(29)16-34-25)22(31)6-7-28(27(36)37)8-11-35(12-9-28)10-2-3-19-23(32)13-17(30)14-24(19)33/h4-5,13-16,22H,2-3,6-12H2,1H3,(H,36,37)/t22-/m0/s1. The Bertz CT molecular complexity index is 1290. The van der Waals surface area contributed by atoms with Crippen LogP contribution >= 0.6 is 11.6 Å². The maximum atomic E-state index is 15.6. The molecule has 2 aromatic carbocycles. The van der Waals surface area contributed by atoms with Gasteiger partial charge in [0, 0.05) is 34.8 Å². The van der Waals surface area contributed by atoms with Crippen molar-refractivity contribution in [3.05, 3.63) is 70.1 Å². The van der Waals surface area contributed by atoms with Gasteiger partial charge < -0.3 is 14.7 Å². The Labute approximate surface area is 223 Å². The van der Waals surface area contributed by atoms with Gasteiger partial charge in [-0.15, -0.1) is 0 Å². The van der Waals surface area contributed by atoms with Crippen molar-refractivity contribution in [2.45, 2.75) is 44.7 Å². The molecular weight excluding hydrogens is 524 g/mol. The van der Waals surface area contributed by atoms with Gasteiger partial charge in [-0.25, -0.2) is 17.6 Å². The number of pyridine rings is 1. The zero-order valence-electron chi connectivity index (χ0n) is 21.0. The highest BCUT2D eigenvalue weighted by molar-refractivity contribution is 6.32.